The molecule has 4 heteroatoms. The van der Waals surface area contributed by atoms with Crippen molar-refractivity contribution in [2.45, 2.75) is 58.1 Å². The Kier molecular flexibility index (Phi) is 5.07. The Labute approximate surface area is 98.2 Å². The Bertz CT molecular complexity index is 206. The van der Waals surface area contributed by atoms with E-state index in [1.807, 2.05) is 20.8 Å². The summed E-state index contributed by atoms with van der Waals surface area (Å²) in [5.74, 6) is 0. The Morgan fingerprint density at radius 1 is 1.27 bits per heavy atom. The van der Waals surface area contributed by atoms with Gasteiger partial charge in [0.1, 0.15) is 5.50 Å². The molecule has 0 fully saturated rings. The van der Waals surface area contributed by atoms with Gasteiger partial charge < -0.3 is 10.2 Å². The average molecular weight is 235 g/mol. The predicted molar refractivity (Wildman–Crippen MR) is 65.1 cm³/mol. The lowest BCUT2D eigenvalue weighted by molar-refractivity contribution is -0.123. The summed E-state index contributed by atoms with van der Waals surface area (Å²) in [5, 5.41) is 3.28. The summed E-state index contributed by atoms with van der Waals surface area (Å²) in [5.41, 5.74) is -0.547. The van der Waals surface area contributed by atoms with Gasteiger partial charge in [-0.2, -0.15) is 0 Å². The van der Waals surface area contributed by atoms with Crippen LogP contribution in [0.3, 0.4) is 0 Å². The molecule has 0 aliphatic rings. The molecule has 3 nitrogen and oxygen atoms in total. The van der Waals surface area contributed by atoms with Crippen molar-refractivity contribution in [1.29, 1.82) is 0 Å². The van der Waals surface area contributed by atoms with Crippen LogP contribution in [0.1, 0.15) is 41.5 Å². The number of halogens is 1. The van der Waals surface area contributed by atoms with E-state index in [1.54, 1.807) is 4.90 Å². The molecule has 1 unspecified atom stereocenters. The SMILES string of the molecule is CC(C)(C)NCC(Cl)N(C=O)C(C)(C)C. The van der Waals surface area contributed by atoms with Gasteiger partial charge in [-0.3, -0.25) is 4.79 Å². The van der Waals surface area contributed by atoms with E-state index in [-0.39, 0.29) is 16.6 Å². The summed E-state index contributed by atoms with van der Waals surface area (Å²) in [4.78, 5) is 12.5. The molecule has 0 aliphatic heterocycles. The molecular weight excluding hydrogens is 212 g/mol. The van der Waals surface area contributed by atoms with E-state index >= 15 is 0 Å². The van der Waals surface area contributed by atoms with Crippen LogP contribution >= 0.6 is 11.6 Å². The quantitative estimate of drug-likeness (QED) is 0.460. The normalized spacial score (nSPS) is 14.9. The van der Waals surface area contributed by atoms with E-state index in [9.17, 15) is 4.79 Å². The van der Waals surface area contributed by atoms with Crippen molar-refractivity contribution < 1.29 is 4.79 Å². The molecule has 0 radical (unpaired) electrons. The van der Waals surface area contributed by atoms with E-state index in [1.165, 1.54) is 0 Å². The zero-order valence-electron chi connectivity index (χ0n) is 10.6. The number of carbonyl (C=O) groups is 1. The Hall–Kier alpha value is -0.280. The number of nitrogens with one attached hydrogen (secondary N) is 1. The molecule has 0 aliphatic carbocycles. The largest absolute Gasteiger partial charge is 0.323 e. The monoisotopic (exact) mass is 234 g/mol. The fraction of sp³-hybridized carbons (Fsp3) is 0.909. The van der Waals surface area contributed by atoms with E-state index in [0.717, 1.165) is 6.41 Å². The van der Waals surface area contributed by atoms with Crippen LogP contribution < -0.4 is 5.32 Å². The summed E-state index contributed by atoms with van der Waals surface area (Å²) < 4.78 is 0. The van der Waals surface area contributed by atoms with Gasteiger partial charge in [-0.1, -0.05) is 11.6 Å². The Morgan fingerprint density at radius 2 is 1.73 bits per heavy atom. The maximum Gasteiger partial charge on any atom is 0.211 e. The highest BCUT2D eigenvalue weighted by molar-refractivity contribution is 6.21. The lowest BCUT2D eigenvalue weighted by atomic mass is 10.1. The second-order valence-corrected chi connectivity index (χ2v) is 6.25. The molecule has 15 heavy (non-hydrogen) atoms. The first-order chi connectivity index (χ1) is 6.58. The summed E-state index contributed by atoms with van der Waals surface area (Å²) in [6.45, 7) is 12.7. The second-order valence-electron chi connectivity index (χ2n) is 5.75. The number of rotatable bonds is 4. The molecule has 1 N–H and O–H groups in total. The standard InChI is InChI=1S/C11H23ClN2O/c1-10(2,3)13-7-9(12)14(8-15)11(4,5)6/h8-9,13H,7H2,1-6H3. The number of nitrogens with zero attached hydrogens (tertiary/aromatic N) is 1. The van der Waals surface area contributed by atoms with Gasteiger partial charge in [-0.05, 0) is 41.5 Å². The maximum absolute atomic E-state index is 10.9. The van der Waals surface area contributed by atoms with E-state index in [0.29, 0.717) is 6.54 Å². The zero-order chi connectivity index (χ0) is 12.3. The molecule has 90 valence electrons. The minimum absolute atomic E-state index is 0.0135. The van der Waals surface area contributed by atoms with E-state index in [4.69, 9.17) is 11.6 Å². The van der Waals surface area contributed by atoms with Gasteiger partial charge >= 0.3 is 0 Å². The summed E-state index contributed by atoms with van der Waals surface area (Å²) in [7, 11) is 0. The number of carbonyl (C=O) groups excluding carboxylic acids is 1. The topological polar surface area (TPSA) is 32.3 Å². The molecule has 0 bridgehead atoms. The first kappa shape index (κ1) is 14.7. The van der Waals surface area contributed by atoms with Crippen LogP contribution in [-0.4, -0.2) is 34.4 Å². The molecule has 0 aromatic heterocycles. The summed E-state index contributed by atoms with van der Waals surface area (Å²) in [6, 6.07) is 0. The number of alkyl halides is 1. The van der Waals surface area contributed by atoms with Crippen molar-refractivity contribution in [3.63, 3.8) is 0 Å². The predicted octanol–water partition coefficient (Wildman–Crippen LogP) is 2.20. The van der Waals surface area contributed by atoms with E-state index < -0.39 is 0 Å². The first-order valence-electron chi connectivity index (χ1n) is 5.21. The molecule has 0 aromatic carbocycles. The lowest BCUT2D eigenvalue weighted by Gasteiger charge is -2.37. The van der Waals surface area contributed by atoms with Crippen LogP contribution in [0.2, 0.25) is 0 Å². The minimum Gasteiger partial charge on any atom is -0.323 e. The molecular formula is C11H23ClN2O. The molecule has 1 atom stereocenters. The van der Waals surface area contributed by atoms with Gasteiger partial charge in [-0.25, -0.2) is 0 Å². The highest BCUT2D eigenvalue weighted by atomic mass is 35.5. The fourth-order valence-electron chi connectivity index (χ4n) is 1.13. The highest BCUT2D eigenvalue weighted by Crippen LogP contribution is 2.17. The third-order valence-corrected chi connectivity index (χ3v) is 2.36. The van der Waals surface area contributed by atoms with Crippen LogP contribution in [-0.2, 0) is 4.79 Å². The molecule has 0 heterocycles. The Morgan fingerprint density at radius 3 is 2.00 bits per heavy atom. The maximum atomic E-state index is 10.9. The van der Waals surface area contributed by atoms with E-state index in [2.05, 4.69) is 26.1 Å². The first-order valence-corrected chi connectivity index (χ1v) is 5.64. The van der Waals surface area contributed by atoms with Crippen LogP contribution in [0, 0.1) is 0 Å². The molecule has 0 rings (SSSR count). The highest BCUT2D eigenvalue weighted by Gasteiger charge is 2.26. The van der Waals surface area contributed by atoms with Gasteiger partial charge in [0.05, 0.1) is 0 Å². The lowest BCUT2D eigenvalue weighted by Crippen LogP contribution is -2.51. The number of hydrogen-bond acceptors (Lipinski definition) is 2. The third-order valence-electron chi connectivity index (χ3n) is 1.99. The van der Waals surface area contributed by atoms with Crippen LogP contribution in [0.5, 0.6) is 0 Å². The molecule has 0 spiro atoms. The molecule has 0 aromatic rings. The van der Waals surface area contributed by atoms with Crippen molar-refractivity contribution in [3.05, 3.63) is 0 Å². The average Bonchev–Trinajstić information content (AvgIpc) is 1.98. The van der Waals surface area contributed by atoms with Gasteiger partial charge in [-0.15, -0.1) is 0 Å². The molecule has 0 saturated heterocycles. The summed E-state index contributed by atoms with van der Waals surface area (Å²) >= 11 is 6.17. The minimum atomic E-state index is -0.318. The fourth-order valence-corrected chi connectivity index (χ4v) is 1.55. The molecule has 1 amide bonds. The molecule has 0 saturated carbocycles. The van der Waals surface area contributed by atoms with Crippen LogP contribution in [0.4, 0.5) is 0 Å². The van der Waals surface area contributed by atoms with Gasteiger partial charge in [0.15, 0.2) is 0 Å². The van der Waals surface area contributed by atoms with Crippen LogP contribution in [0.15, 0.2) is 0 Å². The number of hydrogen-bond donors (Lipinski definition) is 1. The second kappa shape index (κ2) is 5.17. The van der Waals surface area contributed by atoms with Crippen molar-refractivity contribution >= 4 is 18.0 Å². The van der Waals surface area contributed by atoms with Crippen molar-refractivity contribution in [1.82, 2.24) is 10.2 Å². The third kappa shape index (κ3) is 6.00. The van der Waals surface area contributed by atoms with Crippen molar-refractivity contribution in [2.75, 3.05) is 6.54 Å². The summed E-state index contributed by atoms with van der Waals surface area (Å²) in [6.07, 6.45) is 0.808. The smallest absolute Gasteiger partial charge is 0.211 e. The van der Waals surface area contributed by atoms with Gasteiger partial charge in [0.2, 0.25) is 6.41 Å². The van der Waals surface area contributed by atoms with Crippen LogP contribution in [0.25, 0.3) is 0 Å². The van der Waals surface area contributed by atoms with Crippen molar-refractivity contribution in [2.24, 2.45) is 0 Å². The van der Waals surface area contributed by atoms with Crippen molar-refractivity contribution in [3.8, 4) is 0 Å². The Balaban J connectivity index is 4.30. The zero-order valence-corrected chi connectivity index (χ0v) is 11.4. The van der Waals surface area contributed by atoms with Gasteiger partial charge in [0.25, 0.3) is 0 Å². The van der Waals surface area contributed by atoms with Gasteiger partial charge in [0, 0.05) is 17.6 Å². The number of amides is 1.